The Morgan fingerprint density at radius 1 is 1.04 bits per heavy atom. The van der Waals surface area contributed by atoms with Crippen molar-refractivity contribution in [1.29, 1.82) is 0 Å². The molecule has 5 nitrogen and oxygen atoms in total. The maximum absolute atomic E-state index is 12.3. The van der Waals surface area contributed by atoms with E-state index in [0.717, 1.165) is 10.8 Å². The zero-order valence-corrected chi connectivity index (χ0v) is 12.5. The molecular weight excluding hydrogens is 316 g/mol. The maximum atomic E-state index is 12.3. The molecule has 1 heterocycles. The number of carbonyl (C=O) groups excluding carboxylic acids is 1. The molecule has 0 aliphatic rings. The quantitative estimate of drug-likeness (QED) is 0.766. The lowest BCUT2D eigenvalue weighted by Gasteiger charge is -2.08. The summed E-state index contributed by atoms with van der Waals surface area (Å²) in [5, 5.41) is 13.8. The van der Waals surface area contributed by atoms with Crippen LogP contribution in [0.25, 0.3) is 10.8 Å². The average Bonchev–Trinajstić information content (AvgIpc) is 2.55. The molecule has 0 saturated carbocycles. The predicted octanol–water partition coefficient (Wildman–Crippen LogP) is 3.84. The first kappa shape index (κ1) is 15.0. The number of hydrogen-bond acceptors (Lipinski definition) is 3. The SMILES string of the molecule is O=C(Nc1ncc(Cl)cc1C(=O)O)c1ccc2ccccc2c1. The van der Waals surface area contributed by atoms with Gasteiger partial charge in [0.25, 0.3) is 5.91 Å². The van der Waals surface area contributed by atoms with Crippen LogP contribution >= 0.6 is 11.6 Å². The number of aromatic carboxylic acids is 1. The Balaban J connectivity index is 1.93. The lowest BCUT2D eigenvalue weighted by atomic mass is 10.1. The number of aromatic nitrogens is 1. The summed E-state index contributed by atoms with van der Waals surface area (Å²) in [6, 6.07) is 14.1. The van der Waals surface area contributed by atoms with Crippen LogP contribution in [-0.2, 0) is 0 Å². The summed E-state index contributed by atoms with van der Waals surface area (Å²) < 4.78 is 0. The Bertz CT molecular complexity index is 925. The number of amides is 1. The molecule has 3 aromatic rings. The van der Waals surface area contributed by atoms with E-state index >= 15 is 0 Å². The first-order valence-corrected chi connectivity index (χ1v) is 7.11. The van der Waals surface area contributed by atoms with Crippen molar-refractivity contribution in [3.8, 4) is 0 Å². The summed E-state index contributed by atoms with van der Waals surface area (Å²) in [5.74, 6) is -1.69. The molecule has 0 aliphatic carbocycles. The molecule has 0 fully saturated rings. The van der Waals surface area contributed by atoms with Gasteiger partial charge in [0.1, 0.15) is 11.4 Å². The van der Waals surface area contributed by atoms with Crippen LogP contribution in [0.2, 0.25) is 5.02 Å². The summed E-state index contributed by atoms with van der Waals surface area (Å²) in [6.07, 6.45) is 1.28. The summed E-state index contributed by atoms with van der Waals surface area (Å²) in [4.78, 5) is 27.4. The van der Waals surface area contributed by atoms with Gasteiger partial charge in [-0.2, -0.15) is 0 Å². The van der Waals surface area contributed by atoms with Crippen LogP contribution in [0, 0.1) is 0 Å². The van der Waals surface area contributed by atoms with Gasteiger partial charge >= 0.3 is 5.97 Å². The molecule has 114 valence electrons. The summed E-state index contributed by atoms with van der Waals surface area (Å²) in [5.41, 5.74) is 0.253. The van der Waals surface area contributed by atoms with Crippen LogP contribution in [0.15, 0.2) is 54.7 Å². The van der Waals surface area contributed by atoms with Crippen molar-refractivity contribution in [2.75, 3.05) is 5.32 Å². The zero-order chi connectivity index (χ0) is 16.4. The molecule has 6 heteroatoms. The number of carboxylic acid groups (broad SMARTS) is 1. The second kappa shape index (κ2) is 6.06. The van der Waals surface area contributed by atoms with E-state index in [9.17, 15) is 9.59 Å². The normalized spacial score (nSPS) is 10.5. The number of hydrogen-bond donors (Lipinski definition) is 2. The highest BCUT2D eigenvalue weighted by molar-refractivity contribution is 6.31. The molecule has 0 spiro atoms. The third-order valence-corrected chi connectivity index (χ3v) is 3.54. The molecule has 2 aromatic carbocycles. The standard InChI is InChI=1S/C17H11ClN2O3/c18-13-8-14(17(22)23)15(19-9-13)20-16(21)12-6-5-10-3-1-2-4-11(10)7-12/h1-9H,(H,22,23)(H,19,20,21). The number of pyridine rings is 1. The third-order valence-electron chi connectivity index (χ3n) is 3.33. The van der Waals surface area contributed by atoms with Gasteiger partial charge < -0.3 is 10.4 Å². The Morgan fingerprint density at radius 2 is 1.78 bits per heavy atom. The molecular formula is C17H11ClN2O3. The smallest absolute Gasteiger partial charge is 0.339 e. The number of nitrogens with one attached hydrogen (secondary N) is 1. The van der Waals surface area contributed by atoms with Crippen LogP contribution < -0.4 is 5.32 Å². The molecule has 0 saturated heterocycles. The fourth-order valence-corrected chi connectivity index (χ4v) is 2.37. The van der Waals surface area contributed by atoms with Crippen LogP contribution in [0.3, 0.4) is 0 Å². The van der Waals surface area contributed by atoms with Gasteiger partial charge in [-0.15, -0.1) is 0 Å². The first-order valence-electron chi connectivity index (χ1n) is 6.73. The Morgan fingerprint density at radius 3 is 2.52 bits per heavy atom. The minimum Gasteiger partial charge on any atom is -0.478 e. The lowest BCUT2D eigenvalue weighted by Crippen LogP contribution is -2.16. The van der Waals surface area contributed by atoms with Gasteiger partial charge in [0, 0.05) is 11.8 Å². The van der Waals surface area contributed by atoms with E-state index in [2.05, 4.69) is 10.3 Å². The fraction of sp³-hybridized carbons (Fsp3) is 0. The number of halogens is 1. The van der Waals surface area contributed by atoms with E-state index in [1.807, 2.05) is 30.3 Å². The molecule has 23 heavy (non-hydrogen) atoms. The minimum atomic E-state index is -1.21. The third kappa shape index (κ3) is 3.14. The monoisotopic (exact) mass is 326 g/mol. The summed E-state index contributed by atoms with van der Waals surface area (Å²) >= 11 is 5.74. The predicted molar refractivity (Wildman–Crippen MR) is 88.1 cm³/mol. The topological polar surface area (TPSA) is 79.3 Å². The van der Waals surface area contributed by atoms with Crippen LogP contribution in [-0.4, -0.2) is 22.0 Å². The van der Waals surface area contributed by atoms with Crippen molar-refractivity contribution in [3.63, 3.8) is 0 Å². The number of carbonyl (C=O) groups is 2. The number of rotatable bonds is 3. The van der Waals surface area contributed by atoms with Gasteiger partial charge in [0.2, 0.25) is 0 Å². The van der Waals surface area contributed by atoms with Gasteiger partial charge in [0.05, 0.1) is 5.02 Å². The van der Waals surface area contributed by atoms with Crippen LogP contribution in [0.1, 0.15) is 20.7 Å². The van der Waals surface area contributed by atoms with Gasteiger partial charge in [0.15, 0.2) is 0 Å². The van der Waals surface area contributed by atoms with E-state index in [-0.39, 0.29) is 16.4 Å². The Labute approximate surface area is 136 Å². The van der Waals surface area contributed by atoms with Crippen LogP contribution in [0.5, 0.6) is 0 Å². The molecule has 1 aromatic heterocycles. The highest BCUT2D eigenvalue weighted by Gasteiger charge is 2.16. The summed E-state index contributed by atoms with van der Waals surface area (Å²) in [6.45, 7) is 0. The molecule has 2 N–H and O–H groups in total. The second-order valence-electron chi connectivity index (χ2n) is 4.87. The highest BCUT2D eigenvalue weighted by Crippen LogP contribution is 2.20. The van der Waals surface area contributed by atoms with E-state index in [1.54, 1.807) is 12.1 Å². The van der Waals surface area contributed by atoms with Crippen molar-refractivity contribution in [2.45, 2.75) is 0 Å². The van der Waals surface area contributed by atoms with Crippen molar-refractivity contribution < 1.29 is 14.7 Å². The Hall–Kier alpha value is -2.92. The number of benzene rings is 2. The minimum absolute atomic E-state index is 0.0416. The summed E-state index contributed by atoms with van der Waals surface area (Å²) in [7, 11) is 0. The molecule has 0 aliphatic heterocycles. The zero-order valence-electron chi connectivity index (χ0n) is 11.8. The van der Waals surface area contributed by atoms with Crippen molar-refractivity contribution in [3.05, 3.63) is 70.9 Å². The van der Waals surface area contributed by atoms with E-state index < -0.39 is 11.9 Å². The lowest BCUT2D eigenvalue weighted by molar-refractivity contribution is 0.0697. The molecule has 0 unspecified atom stereocenters. The maximum Gasteiger partial charge on any atom is 0.339 e. The first-order chi connectivity index (χ1) is 11.0. The van der Waals surface area contributed by atoms with Crippen molar-refractivity contribution in [2.24, 2.45) is 0 Å². The van der Waals surface area contributed by atoms with Crippen LogP contribution in [0.4, 0.5) is 5.82 Å². The van der Waals surface area contributed by atoms with Crippen molar-refractivity contribution in [1.82, 2.24) is 4.98 Å². The number of fused-ring (bicyclic) bond motifs is 1. The van der Waals surface area contributed by atoms with E-state index in [4.69, 9.17) is 16.7 Å². The average molecular weight is 327 g/mol. The van der Waals surface area contributed by atoms with E-state index in [0.29, 0.717) is 5.56 Å². The molecule has 0 radical (unpaired) electrons. The number of nitrogens with zero attached hydrogens (tertiary/aromatic N) is 1. The largest absolute Gasteiger partial charge is 0.478 e. The fourth-order valence-electron chi connectivity index (χ4n) is 2.21. The molecule has 3 rings (SSSR count). The van der Waals surface area contributed by atoms with Crippen molar-refractivity contribution >= 4 is 40.1 Å². The van der Waals surface area contributed by atoms with Gasteiger partial charge in [-0.25, -0.2) is 9.78 Å². The molecule has 0 bridgehead atoms. The van der Waals surface area contributed by atoms with E-state index in [1.165, 1.54) is 12.3 Å². The highest BCUT2D eigenvalue weighted by atomic mass is 35.5. The second-order valence-corrected chi connectivity index (χ2v) is 5.31. The molecule has 1 amide bonds. The number of carboxylic acids is 1. The number of anilines is 1. The molecule has 0 atom stereocenters. The van der Waals surface area contributed by atoms with Gasteiger partial charge in [-0.05, 0) is 29.0 Å². The van der Waals surface area contributed by atoms with Gasteiger partial charge in [-0.3, -0.25) is 4.79 Å². The Kier molecular flexibility index (Phi) is 3.95. The van der Waals surface area contributed by atoms with Gasteiger partial charge in [-0.1, -0.05) is 41.9 Å².